The van der Waals surface area contributed by atoms with Crippen molar-refractivity contribution in [3.05, 3.63) is 77.9 Å². The summed E-state index contributed by atoms with van der Waals surface area (Å²) in [6.45, 7) is 8.11. The molecule has 2 unspecified atom stereocenters. The van der Waals surface area contributed by atoms with E-state index in [-0.39, 0.29) is 19.0 Å². The maximum atomic E-state index is 12.2. The third-order valence-electron chi connectivity index (χ3n) is 5.85. The first-order valence-electron chi connectivity index (χ1n) is 12.3. The van der Waals surface area contributed by atoms with Crippen LogP contribution in [0.1, 0.15) is 32.9 Å². The maximum Gasteiger partial charge on any atom is 0.351 e. The number of aromatic nitrogens is 2. The van der Waals surface area contributed by atoms with Crippen LogP contribution in [0.5, 0.6) is 5.75 Å². The van der Waals surface area contributed by atoms with Gasteiger partial charge in [-0.15, -0.1) is 6.58 Å². The van der Waals surface area contributed by atoms with Crippen LogP contribution in [0.25, 0.3) is 10.8 Å². The molecule has 2 heterocycles. The quantitative estimate of drug-likeness (QED) is 0.206. The number of anilines is 1. The van der Waals surface area contributed by atoms with Gasteiger partial charge in [0.2, 0.25) is 0 Å². The zero-order valence-electron chi connectivity index (χ0n) is 21.9. The van der Waals surface area contributed by atoms with Crippen molar-refractivity contribution in [3.63, 3.8) is 0 Å². The molecule has 4 rings (SSSR count). The van der Waals surface area contributed by atoms with Crippen LogP contribution < -0.4 is 21.0 Å². The Labute approximate surface area is 223 Å². The number of benzene rings is 2. The Morgan fingerprint density at radius 1 is 1.29 bits per heavy atom. The minimum absolute atomic E-state index is 0.0769. The van der Waals surface area contributed by atoms with E-state index in [4.69, 9.17) is 24.3 Å². The molecule has 204 valence electrons. The molecule has 10 nitrogen and oxygen atoms in total. The van der Waals surface area contributed by atoms with Crippen molar-refractivity contribution in [1.29, 1.82) is 0 Å². The van der Waals surface area contributed by atoms with Gasteiger partial charge in [0.1, 0.15) is 29.7 Å². The monoisotopic (exact) mass is 542 g/mol. The van der Waals surface area contributed by atoms with E-state index in [1.807, 2.05) is 56.3 Å². The first-order valence-corrected chi connectivity index (χ1v) is 13.4. The van der Waals surface area contributed by atoms with Crippen LogP contribution in [-0.2, 0) is 18.8 Å². The van der Waals surface area contributed by atoms with Crippen molar-refractivity contribution in [1.82, 2.24) is 14.6 Å². The lowest BCUT2D eigenvalue weighted by Gasteiger charge is -2.28. The fraction of sp³-hybridized carbons (Fsp3) is 0.370. The summed E-state index contributed by atoms with van der Waals surface area (Å²) in [7, 11) is 0.0438. The third kappa shape index (κ3) is 7.93. The molecule has 3 N–H and O–H groups in total. The van der Waals surface area contributed by atoms with Crippen molar-refractivity contribution < 1.29 is 23.3 Å². The largest absolute Gasteiger partial charge is 0.435 e. The van der Waals surface area contributed by atoms with Gasteiger partial charge in [-0.1, -0.05) is 42.5 Å². The SMILES string of the molecule is C=C[C@@]1(COP(NCC=O)Oc2cccc3ccccc23)CCC(n2ccc(N)nc2=O)O1.COC(C)C. The number of nitrogen functional groups attached to an aromatic ring is 1. The average molecular weight is 543 g/mol. The molecular weight excluding hydrogens is 507 g/mol. The summed E-state index contributed by atoms with van der Waals surface area (Å²) < 4.78 is 24.5. The second kappa shape index (κ2) is 14.1. The van der Waals surface area contributed by atoms with Gasteiger partial charge >= 0.3 is 14.2 Å². The van der Waals surface area contributed by atoms with Crippen LogP contribution >= 0.6 is 8.53 Å². The third-order valence-corrected chi connectivity index (χ3v) is 7.02. The van der Waals surface area contributed by atoms with Gasteiger partial charge in [-0.05, 0) is 44.2 Å². The standard InChI is InChI=1S/C23H25N4O5P.C4H10O/c1-2-23(12-10-21(31-23)27-14-11-20(24)26-22(27)29)16-30-33(25-13-15-28)32-19-9-5-7-17-6-3-4-8-18(17)19;1-4(2)5-3/h2-9,11,14-15,21,25H,1,10,12-13,16H2,(H2,24,26,29);4H,1-3H3/t21?,23-,33?;/m0./s1. The lowest BCUT2D eigenvalue weighted by atomic mass is 10.0. The van der Waals surface area contributed by atoms with Crippen LogP contribution in [0.4, 0.5) is 5.82 Å². The van der Waals surface area contributed by atoms with Crippen LogP contribution in [0.15, 0.2) is 72.2 Å². The summed E-state index contributed by atoms with van der Waals surface area (Å²) in [6.07, 6.45) is 5.02. The van der Waals surface area contributed by atoms with Gasteiger partial charge in [-0.3, -0.25) is 4.57 Å². The van der Waals surface area contributed by atoms with Crippen molar-refractivity contribution in [3.8, 4) is 5.75 Å². The highest BCUT2D eigenvalue weighted by Crippen LogP contribution is 2.43. The average Bonchev–Trinajstić information content (AvgIpc) is 3.35. The molecule has 0 aliphatic carbocycles. The molecule has 2 aromatic carbocycles. The molecule has 0 amide bonds. The number of aldehydes is 1. The lowest BCUT2D eigenvalue weighted by molar-refractivity contribution is -0.107. The van der Waals surface area contributed by atoms with E-state index < -0.39 is 26.0 Å². The number of fused-ring (bicyclic) bond motifs is 1. The number of carbonyl (C=O) groups is 1. The zero-order valence-corrected chi connectivity index (χ0v) is 22.8. The van der Waals surface area contributed by atoms with Gasteiger partial charge in [-0.25, -0.2) is 9.88 Å². The van der Waals surface area contributed by atoms with E-state index in [0.29, 0.717) is 24.7 Å². The summed E-state index contributed by atoms with van der Waals surface area (Å²) in [5, 5.41) is 4.96. The zero-order chi connectivity index (χ0) is 27.5. The molecule has 1 aromatic heterocycles. The second-order valence-electron chi connectivity index (χ2n) is 8.83. The number of nitrogens with two attached hydrogens (primary N) is 1. The molecule has 38 heavy (non-hydrogen) atoms. The number of hydrogen-bond donors (Lipinski definition) is 2. The molecule has 0 spiro atoms. The Kier molecular flexibility index (Phi) is 10.9. The number of rotatable bonds is 11. The Hall–Kier alpha value is -3.14. The number of methoxy groups -OCH3 is 1. The van der Waals surface area contributed by atoms with Gasteiger partial charge in [-0.2, -0.15) is 4.98 Å². The molecule has 0 radical (unpaired) electrons. The number of ether oxygens (including phenoxy) is 2. The van der Waals surface area contributed by atoms with Gasteiger partial charge in [0.05, 0.1) is 19.3 Å². The summed E-state index contributed by atoms with van der Waals surface area (Å²) >= 11 is 0. The summed E-state index contributed by atoms with van der Waals surface area (Å²) in [5.41, 5.74) is 4.28. The van der Waals surface area contributed by atoms with Crippen LogP contribution in [0.2, 0.25) is 0 Å². The molecule has 0 bridgehead atoms. The Balaban J connectivity index is 0.000000732. The highest BCUT2D eigenvalue weighted by atomic mass is 31.2. The van der Waals surface area contributed by atoms with Crippen LogP contribution in [-0.4, -0.2) is 47.8 Å². The number of carbonyl (C=O) groups excluding carboxylic acids is 1. The highest BCUT2D eigenvalue weighted by Gasteiger charge is 2.40. The van der Waals surface area contributed by atoms with E-state index in [9.17, 15) is 9.59 Å². The van der Waals surface area contributed by atoms with Gasteiger partial charge in [0, 0.05) is 18.7 Å². The van der Waals surface area contributed by atoms with E-state index in [0.717, 1.165) is 17.1 Å². The maximum absolute atomic E-state index is 12.2. The van der Waals surface area contributed by atoms with E-state index in [2.05, 4.69) is 16.7 Å². The van der Waals surface area contributed by atoms with Gasteiger partial charge in [0.15, 0.2) is 0 Å². The van der Waals surface area contributed by atoms with E-state index in [1.165, 1.54) is 4.57 Å². The van der Waals surface area contributed by atoms with Crippen LogP contribution in [0, 0.1) is 0 Å². The first kappa shape index (κ1) is 29.4. The lowest BCUT2D eigenvalue weighted by Crippen LogP contribution is -2.34. The smallest absolute Gasteiger partial charge is 0.351 e. The summed E-state index contributed by atoms with van der Waals surface area (Å²) in [4.78, 5) is 26.9. The fourth-order valence-corrected chi connectivity index (χ4v) is 4.77. The molecule has 3 aromatic rings. The number of nitrogens with one attached hydrogen (secondary N) is 1. The normalized spacial score (nSPS) is 19.5. The molecule has 0 saturated carbocycles. The Bertz CT molecular complexity index is 1260. The first-order chi connectivity index (χ1) is 18.3. The molecule has 1 fully saturated rings. The Morgan fingerprint density at radius 3 is 2.71 bits per heavy atom. The predicted octanol–water partition coefficient (Wildman–Crippen LogP) is 4.36. The van der Waals surface area contributed by atoms with Crippen LogP contribution in [0.3, 0.4) is 0 Å². The van der Waals surface area contributed by atoms with Crippen molar-refractivity contribution in [2.75, 3.05) is 26.0 Å². The predicted molar refractivity (Wildman–Crippen MR) is 149 cm³/mol. The topological polar surface area (TPSA) is 127 Å². The molecule has 3 atom stereocenters. The molecular formula is C27H35N4O6P. The van der Waals surface area contributed by atoms with Gasteiger partial charge in [0.25, 0.3) is 0 Å². The molecule has 1 saturated heterocycles. The van der Waals surface area contributed by atoms with Crippen molar-refractivity contribution >= 4 is 31.4 Å². The molecule has 1 aliphatic heterocycles. The van der Waals surface area contributed by atoms with E-state index >= 15 is 0 Å². The minimum atomic E-state index is -1.66. The van der Waals surface area contributed by atoms with E-state index in [1.54, 1.807) is 25.4 Å². The summed E-state index contributed by atoms with van der Waals surface area (Å²) in [6, 6.07) is 15.2. The second-order valence-corrected chi connectivity index (χ2v) is 10.1. The minimum Gasteiger partial charge on any atom is -0.435 e. The van der Waals surface area contributed by atoms with Crippen molar-refractivity contribution in [2.45, 2.75) is 44.6 Å². The highest BCUT2D eigenvalue weighted by molar-refractivity contribution is 7.45. The number of nitrogens with zero attached hydrogens (tertiary/aromatic N) is 2. The molecule has 1 aliphatic rings. The summed E-state index contributed by atoms with van der Waals surface area (Å²) in [5.74, 6) is 0.806. The Morgan fingerprint density at radius 2 is 2.03 bits per heavy atom. The molecule has 11 heteroatoms. The van der Waals surface area contributed by atoms with Crippen molar-refractivity contribution in [2.24, 2.45) is 0 Å². The number of hydrogen-bond acceptors (Lipinski definition) is 9. The van der Waals surface area contributed by atoms with Gasteiger partial charge < -0.3 is 29.0 Å². The fourth-order valence-electron chi connectivity index (χ4n) is 3.66.